The van der Waals surface area contributed by atoms with Crippen molar-refractivity contribution in [3.8, 4) is 11.4 Å². The molecule has 0 spiro atoms. The number of anilines is 1. The van der Waals surface area contributed by atoms with Crippen LogP contribution in [0.1, 0.15) is 50.3 Å². The molecule has 148 valence electrons. The van der Waals surface area contributed by atoms with Crippen LogP contribution >= 0.6 is 0 Å². The second-order valence-electron chi connectivity index (χ2n) is 7.50. The molecule has 1 amide bonds. The van der Waals surface area contributed by atoms with Gasteiger partial charge in [-0.05, 0) is 60.7 Å². The summed E-state index contributed by atoms with van der Waals surface area (Å²) >= 11 is 0. The van der Waals surface area contributed by atoms with E-state index in [1.54, 1.807) is 30.0 Å². The van der Waals surface area contributed by atoms with Gasteiger partial charge in [-0.2, -0.15) is 4.68 Å². The lowest BCUT2D eigenvalue weighted by atomic mass is 9.81. The molecule has 0 saturated heterocycles. The van der Waals surface area contributed by atoms with Crippen molar-refractivity contribution < 1.29 is 19.4 Å². The lowest BCUT2D eigenvalue weighted by molar-refractivity contribution is -0.143. The van der Waals surface area contributed by atoms with Crippen molar-refractivity contribution in [2.45, 2.75) is 44.4 Å². The van der Waals surface area contributed by atoms with Crippen molar-refractivity contribution in [2.75, 3.05) is 12.4 Å². The maximum atomic E-state index is 12.7. The van der Waals surface area contributed by atoms with Crippen molar-refractivity contribution in [1.29, 1.82) is 0 Å². The lowest BCUT2D eigenvalue weighted by Gasteiger charge is -2.25. The Balaban J connectivity index is 1.54. The summed E-state index contributed by atoms with van der Waals surface area (Å²) < 4.78 is 7.11. The van der Waals surface area contributed by atoms with E-state index in [4.69, 9.17) is 4.74 Å². The number of carboxylic acid groups (broad SMARTS) is 1. The summed E-state index contributed by atoms with van der Waals surface area (Å²) in [7, 11) is 1.58. The van der Waals surface area contributed by atoms with Crippen LogP contribution < -0.4 is 10.1 Å². The van der Waals surface area contributed by atoms with E-state index in [1.165, 1.54) is 0 Å². The first-order valence-corrected chi connectivity index (χ1v) is 9.57. The normalized spacial score (nSPS) is 21.9. The Labute approximate surface area is 162 Å². The summed E-state index contributed by atoms with van der Waals surface area (Å²) in [5.41, 5.74) is 1.27. The smallest absolute Gasteiger partial charge is 0.306 e. The second-order valence-corrected chi connectivity index (χ2v) is 7.50. The fourth-order valence-corrected chi connectivity index (χ4v) is 3.79. The summed E-state index contributed by atoms with van der Waals surface area (Å²) in [6, 6.07) is 5.32. The van der Waals surface area contributed by atoms with Crippen molar-refractivity contribution in [3.05, 3.63) is 24.0 Å². The molecule has 9 nitrogen and oxygen atoms in total. The van der Waals surface area contributed by atoms with Gasteiger partial charge in [0.2, 0.25) is 5.91 Å². The van der Waals surface area contributed by atoms with Gasteiger partial charge in [-0.25, -0.2) is 0 Å². The third kappa shape index (κ3) is 3.69. The number of nitrogens with one attached hydrogen (secondary N) is 1. The van der Waals surface area contributed by atoms with Crippen LogP contribution in [0.3, 0.4) is 0 Å². The molecule has 2 aliphatic rings. The predicted molar refractivity (Wildman–Crippen MR) is 99.4 cm³/mol. The third-order valence-corrected chi connectivity index (χ3v) is 5.50. The highest BCUT2D eigenvalue weighted by molar-refractivity contribution is 5.93. The number of hydrogen-bond donors (Lipinski definition) is 2. The predicted octanol–water partition coefficient (Wildman–Crippen LogP) is 2.38. The number of carbonyl (C=O) groups is 2. The van der Waals surface area contributed by atoms with Gasteiger partial charge in [-0.1, -0.05) is 6.42 Å². The largest absolute Gasteiger partial charge is 0.494 e. The van der Waals surface area contributed by atoms with Gasteiger partial charge in [0.05, 0.1) is 13.0 Å². The highest BCUT2D eigenvalue weighted by Gasteiger charge is 2.32. The van der Waals surface area contributed by atoms with Gasteiger partial charge >= 0.3 is 5.97 Å². The van der Waals surface area contributed by atoms with E-state index in [1.807, 2.05) is 0 Å². The maximum Gasteiger partial charge on any atom is 0.306 e. The van der Waals surface area contributed by atoms with Crippen LogP contribution in [-0.4, -0.2) is 44.3 Å². The van der Waals surface area contributed by atoms with Crippen molar-refractivity contribution in [1.82, 2.24) is 20.2 Å². The van der Waals surface area contributed by atoms with Crippen LogP contribution in [0.25, 0.3) is 5.69 Å². The summed E-state index contributed by atoms with van der Waals surface area (Å²) in [4.78, 5) is 23.9. The van der Waals surface area contributed by atoms with Gasteiger partial charge in [-0.3, -0.25) is 9.59 Å². The minimum atomic E-state index is -0.824. The van der Waals surface area contributed by atoms with E-state index < -0.39 is 11.9 Å². The van der Waals surface area contributed by atoms with Gasteiger partial charge in [0.15, 0.2) is 5.82 Å². The average Bonchev–Trinajstić information content (AvgIpc) is 3.44. The van der Waals surface area contributed by atoms with Crippen LogP contribution in [-0.2, 0) is 9.59 Å². The zero-order valence-corrected chi connectivity index (χ0v) is 15.7. The molecule has 2 aromatic rings. The molecule has 1 aromatic carbocycles. The number of benzene rings is 1. The Bertz CT molecular complexity index is 892. The fourth-order valence-electron chi connectivity index (χ4n) is 3.79. The van der Waals surface area contributed by atoms with Crippen LogP contribution in [0.4, 0.5) is 5.69 Å². The average molecular weight is 385 g/mol. The Morgan fingerprint density at radius 2 is 2.00 bits per heavy atom. The van der Waals surface area contributed by atoms with Gasteiger partial charge < -0.3 is 15.2 Å². The molecule has 9 heteroatoms. The van der Waals surface area contributed by atoms with E-state index in [9.17, 15) is 14.7 Å². The molecular formula is C19H23N5O4. The number of carboxylic acids is 1. The van der Waals surface area contributed by atoms with E-state index in [2.05, 4.69) is 20.8 Å². The minimum absolute atomic E-state index is 0.152. The van der Waals surface area contributed by atoms with Crippen molar-refractivity contribution >= 4 is 17.6 Å². The first kappa shape index (κ1) is 18.4. The number of aromatic nitrogens is 4. The number of aliphatic carboxylic acids is 1. The summed E-state index contributed by atoms with van der Waals surface area (Å²) in [5, 5.41) is 24.2. The molecule has 1 aromatic heterocycles. The molecule has 2 atom stereocenters. The molecular weight excluding hydrogens is 362 g/mol. The molecule has 4 rings (SSSR count). The van der Waals surface area contributed by atoms with Crippen LogP contribution in [0.15, 0.2) is 18.2 Å². The van der Waals surface area contributed by atoms with Crippen molar-refractivity contribution in [3.63, 3.8) is 0 Å². The lowest BCUT2D eigenvalue weighted by Crippen LogP contribution is -2.31. The standard InChI is InChI=1S/C19H23N5O4/c1-28-16-8-7-14(10-15(16)24-17(11-5-6-11)21-22-23-24)20-18(25)12-3-2-4-13(9-12)19(26)27/h7-8,10-13H,2-6,9H2,1H3,(H,20,25)(H,26,27). The number of nitrogens with zero attached hydrogens (tertiary/aromatic N) is 4. The Morgan fingerprint density at radius 1 is 1.21 bits per heavy atom. The van der Waals surface area contributed by atoms with Gasteiger partial charge in [0, 0.05) is 17.5 Å². The molecule has 0 aliphatic heterocycles. The molecule has 1 heterocycles. The van der Waals surface area contributed by atoms with Gasteiger partial charge in [-0.15, -0.1) is 5.10 Å². The molecule has 0 radical (unpaired) electrons. The van der Waals surface area contributed by atoms with E-state index >= 15 is 0 Å². The Morgan fingerprint density at radius 3 is 2.71 bits per heavy atom. The van der Waals surface area contributed by atoms with E-state index in [0.717, 1.165) is 25.1 Å². The first-order valence-electron chi connectivity index (χ1n) is 9.57. The highest BCUT2D eigenvalue weighted by Crippen LogP contribution is 2.40. The molecule has 2 saturated carbocycles. The maximum absolute atomic E-state index is 12.7. The molecule has 2 N–H and O–H groups in total. The molecule has 0 bridgehead atoms. The Kier molecular flexibility index (Phi) is 4.97. The minimum Gasteiger partial charge on any atom is -0.494 e. The first-order chi connectivity index (χ1) is 13.6. The number of ether oxygens (including phenoxy) is 1. The highest BCUT2D eigenvalue weighted by atomic mass is 16.5. The number of amides is 1. The van der Waals surface area contributed by atoms with E-state index in [0.29, 0.717) is 42.3 Å². The fraction of sp³-hybridized carbons (Fsp3) is 0.526. The molecule has 2 fully saturated rings. The number of carbonyl (C=O) groups excluding carboxylic acids is 1. The zero-order chi connectivity index (χ0) is 19.7. The topological polar surface area (TPSA) is 119 Å². The molecule has 28 heavy (non-hydrogen) atoms. The summed E-state index contributed by atoms with van der Waals surface area (Å²) in [6.07, 6.45) is 4.59. The quantitative estimate of drug-likeness (QED) is 0.783. The Hall–Kier alpha value is -2.97. The number of hydrogen-bond acceptors (Lipinski definition) is 6. The number of tetrazole rings is 1. The number of rotatable bonds is 6. The summed E-state index contributed by atoms with van der Waals surface area (Å²) in [6.45, 7) is 0. The third-order valence-electron chi connectivity index (χ3n) is 5.50. The van der Waals surface area contributed by atoms with Crippen LogP contribution in [0, 0.1) is 11.8 Å². The van der Waals surface area contributed by atoms with Gasteiger partial charge in [0.1, 0.15) is 11.4 Å². The monoisotopic (exact) mass is 385 g/mol. The van der Waals surface area contributed by atoms with Crippen LogP contribution in [0.2, 0.25) is 0 Å². The summed E-state index contributed by atoms with van der Waals surface area (Å²) in [5.74, 6) is 0.0349. The number of methoxy groups -OCH3 is 1. The van der Waals surface area contributed by atoms with E-state index in [-0.39, 0.29) is 11.8 Å². The second kappa shape index (κ2) is 7.57. The van der Waals surface area contributed by atoms with Gasteiger partial charge in [0.25, 0.3) is 0 Å². The SMILES string of the molecule is COc1ccc(NC(=O)C2CCCC(C(=O)O)C2)cc1-n1nnnc1C1CC1. The molecule has 2 unspecified atom stereocenters. The zero-order valence-electron chi connectivity index (χ0n) is 15.7. The van der Waals surface area contributed by atoms with Crippen LogP contribution in [0.5, 0.6) is 5.75 Å². The molecule has 2 aliphatic carbocycles. The van der Waals surface area contributed by atoms with Crippen molar-refractivity contribution in [2.24, 2.45) is 11.8 Å².